The van der Waals surface area contributed by atoms with E-state index in [1.807, 2.05) is 21.0 Å². The first-order valence-corrected chi connectivity index (χ1v) is 11.8. The lowest BCUT2D eigenvalue weighted by molar-refractivity contribution is -0.858. The summed E-state index contributed by atoms with van der Waals surface area (Å²) in [5.74, 6) is -1.11. The highest BCUT2D eigenvalue weighted by atomic mass is 16.5. The number of aryl methyl sites for hydroxylation is 1. The van der Waals surface area contributed by atoms with E-state index in [1.165, 1.54) is 21.9 Å². The fourth-order valence-corrected chi connectivity index (χ4v) is 4.14. The van der Waals surface area contributed by atoms with E-state index in [2.05, 4.69) is 6.92 Å². The Bertz CT molecular complexity index is 1060. The van der Waals surface area contributed by atoms with Crippen molar-refractivity contribution in [1.82, 2.24) is 4.90 Å². The van der Waals surface area contributed by atoms with Crippen molar-refractivity contribution in [2.75, 3.05) is 33.8 Å². The van der Waals surface area contributed by atoms with E-state index in [1.54, 1.807) is 30.3 Å². The lowest BCUT2D eigenvalue weighted by atomic mass is 9.94. The van der Waals surface area contributed by atoms with Crippen LogP contribution in [0, 0.1) is 6.92 Å². The van der Waals surface area contributed by atoms with Crippen molar-refractivity contribution < 1.29 is 29.4 Å². The molecule has 1 fully saturated rings. The number of amides is 1. The minimum absolute atomic E-state index is 0.0491. The Kier molecular flexibility index (Phi) is 8.34. The zero-order valence-corrected chi connectivity index (χ0v) is 20.4. The van der Waals surface area contributed by atoms with Crippen molar-refractivity contribution in [2.45, 2.75) is 39.2 Å². The number of quaternary nitrogens is 1. The number of carbonyl (C=O) groups excluding carboxylic acids is 2. The highest BCUT2D eigenvalue weighted by Gasteiger charge is 2.43. The minimum Gasteiger partial charge on any atom is -0.872 e. The van der Waals surface area contributed by atoms with Gasteiger partial charge >= 0.3 is 0 Å². The molecule has 1 saturated heterocycles. The van der Waals surface area contributed by atoms with Gasteiger partial charge in [0.15, 0.2) is 0 Å². The molecule has 0 radical (unpaired) electrons. The number of ether oxygens (including phenoxy) is 1. The Morgan fingerprint density at radius 1 is 1.12 bits per heavy atom. The third kappa shape index (κ3) is 5.59. The minimum atomic E-state index is -0.786. The first-order valence-electron chi connectivity index (χ1n) is 11.8. The summed E-state index contributed by atoms with van der Waals surface area (Å²) >= 11 is 0. The molecule has 0 aromatic heterocycles. The van der Waals surface area contributed by atoms with E-state index >= 15 is 0 Å². The molecular formula is C27H34N2O5. The quantitative estimate of drug-likeness (QED) is 0.240. The predicted molar refractivity (Wildman–Crippen MR) is 128 cm³/mol. The lowest BCUT2D eigenvalue weighted by Gasteiger charge is -2.28. The van der Waals surface area contributed by atoms with Crippen molar-refractivity contribution >= 4 is 17.4 Å². The number of nitrogens with zero attached hydrogens (tertiary/aromatic N) is 1. The van der Waals surface area contributed by atoms with Crippen molar-refractivity contribution in [3.63, 3.8) is 0 Å². The van der Waals surface area contributed by atoms with Crippen molar-refractivity contribution in [1.29, 1.82) is 0 Å². The maximum absolute atomic E-state index is 13.6. The summed E-state index contributed by atoms with van der Waals surface area (Å²) < 4.78 is 5.78. The third-order valence-corrected chi connectivity index (χ3v) is 6.01. The SMILES string of the molecule is CCCCOc1ccc(/C([O-])=C2\C(=O)C(=O)N(CCC[NH+](C)C)C2c2ccc(O)cc2)cc1C. The fourth-order valence-electron chi connectivity index (χ4n) is 4.14. The number of hydrogen-bond acceptors (Lipinski definition) is 5. The normalized spacial score (nSPS) is 17.6. The monoisotopic (exact) mass is 466 g/mol. The Morgan fingerprint density at radius 2 is 1.82 bits per heavy atom. The Labute approximate surface area is 201 Å². The van der Waals surface area contributed by atoms with Crippen molar-refractivity contribution in [3.8, 4) is 11.5 Å². The zero-order chi connectivity index (χ0) is 24.8. The number of likely N-dealkylation sites (tertiary alicyclic amines) is 1. The molecule has 0 saturated carbocycles. The Morgan fingerprint density at radius 3 is 2.44 bits per heavy atom. The topological polar surface area (TPSA) is 94.3 Å². The van der Waals surface area contributed by atoms with Crippen LogP contribution in [0.2, 0.25) is 0 Å². The molecule has 7 heteroatoms. The van der Waals surface area contributed by atoms with Gasteiger partial charge in [-0.25, -0.2) is 0 Å². The van der Waals surface area contributed by atoms with Crippen LogP contribution < -0.4 is 14.7 Å². The Balaban J connectivity index is 2.02. The summed E-state index contributed by atoms with van der Waals surface area (Å²) in [6, 6.07) is 10.6. The number of unbranched alkanes of at least 4 members (excludes halogenated alkanes) is 1. The highest BCUT2D eigenvalue weighted by Crippen LogP contribution is 2.39. The number of rotatable bonds is 10. The van der Waals surface area contributed by atoms with Crippen molar-refractivity contribution in [3.05, 3.63) is 64.7 Å². The first-order chi connectivity index (χ1) is 16.2. The largest absolute Gasteiger partial charge is 0.872 e. The van der Waals surface area contributed by atoms with Gasteiger partial charge < -0.3 is 24.7 Å². The summed E-state index contributed by atoms with van der Waals surface area (Å²) in [6.07, 6.45) is 2.66. The number of ketones is 1. The molecule has 1 heterocycles. The summed E-state index contributed by atoms with van der Waals surface area (Å²) in [4.78, 5) is 28.8. The average molecular weight is 467 g/mol. The van der Waals surface area contributed by atoms with E-state index < -0.39 is 23.5 Å². The molecule has 182 valence electrons. The smallest absolute Gasteiger partial charge is 0.295 e. The van der Waals surface area contributed by atoms with Crippen LogP contribution in [-0.2, 0) is 9.59 Å². The molecule has 0 aliphatic carbocycles. The number of nitrogens with one attached hydrogen (secondary N) is 1. The van der Waals surface area contributed by atoms with Crippen LogP contribution in [0.5, 0.6) is 11.5 Å². The molecule has 2 aromatic rings. The predicted octanol–water partition coefficient (Wildman–Crippen LogP) is 1.64. The van der Waals surface area contributed by atoms with Gasteiger partial charge in [0.25, 0.3) is 5.91 Å². The number of phenolic OH excluding ortho intramolecular Hbond substituents is 1. The van der Waals surface area contributed by atoms with E-state index in [-0.39, 0.29) is 11.3 Å². The molecule has 1 aliphatic heterocycles. The van der Waals surface area contributed by atoms with E-state index in [0.29, 0.717) is 36.4 Å². The van der Waals surface area contributed by atoms with Crippen LogP contribution in [0.4, 0.5) is 0 Å². The first kappa shape index (κ1) is 25.3. The highest BCUT2D eigenvalue weighted by molar-refractivity contribution is 6.46. The van der Waals surface area contributed by atoms with Crippen LogP contribution in [0.25, 0.3) is 5.76 Å². The van der Waals surface area contributed by atoms with Gasteiger partial charge in [0.1, 0.15) is 11.5 Å². The third-order valence-electron chi connectivity index (χ3n) is 6.01. The van der Waals surface area contributed by atoms with Crippen LogP contribution in [0.3, 0.4) is 0 Å². The molecule has 7 nitrogen and oxygen atoms in total. The number of hydrogen-bond donors (Lipinski definition) is 2. The number of phenols is 1. The Hall–Kier alpha value is -3.32. The van der Waals surface area contributed by atoms with Gasteiger partial charge in [0.2, 0.25) is 5.78 Å². The molecule has 0 bridgehead atoms. The zero-order valence-electron chi connectivity index (χ0n) is 20.4. The van der Waals surface area contributed by atoms with E-state index in [4.69, 9.17) is 4.74 Å². The van der Waals surface area contributed by atoms with Crippen molar-refractivity contribution in [2.24, 2.45) is 0 Å². The van der Waals surface area contributed by atoms with Gasteiger partial charge in [0.05, 0.1) is 33.3 Å². The fraction of sp³-hybridized carbons (Fsp3) is 0.407. The molecule has 34 heavy (non-hydrogen) atoms. The van der Waals surface area contributed by atoms with Gasteiger partial charge in [0, 0.05) is 18.5 Å². The summed E-state index contributed by atoms with van der Waals surface area (Å²) in [6.45, 7) is 5.73. The summed E-state index contributed by atoms with van der Waals surface area (Å²) in [7, 11) is 4.04. The second kappa shape index (κ2) is 11.2. The van der Waals surface area contributed by atoms with Crippen LogP contribution in [0.15, 0.2) is 48.0 Å². The van der Waals surface area contributed by atoms with Gasteiger partial charge in [-0.2, -0.15) is 0 Å². The lowest BCUT2D eigenvalue weighted by Crippen LogP contribution is -3.05. The number of aromatic hydroxyl groups is 1. The molecule has 1 amide bonds. The molecule has 2 N–H and O–H groups in total. The number of benzene rings is 2. The van der Waals surface area contributed by atoms with E-state index in [9.17, 15) is 19.8 Å². The molecule has 3 rings (SSSR count). The molecule has 0 spiro atoms. The van der Waals surface area contributed by atoms with Gasteiger partial charge in [-0.15, -0.1) is 0 Å². The maximum atomic E-state index is 13.6. The van der Waals surface area contributed by atoms with Crippen LogP contribution >= 0.6 is 0 Å². The molecule has 1 aliphatic rings. The second-order valence-corrected chi connectivity index (χ2v) is 9.06. The van der Waals surface area contributed by atoms with Gasteiger partial charge in [-0.05, 0) is 54.3 Å². The maximum Gasteiger partial charge on any atom is 0.295 e. The van der Waals surface area contributed by atoms with Gasteiger partial charge in [-0.3, -0.25) is 9.59 Å². The number of Topliss-reactive ketones (excluding diaryl/α,β-unsaturated/α-hetero) is 1. The van der Waals surface area contributed by atoms with E-state index in [0.717, 1.165) is 24.9 Å². The second-order valence-electron chi connectivity index (χ2n) is 9.06. The average Bonchev–Trinajstić information content (AvgIpc) is 3.05. The number of carbonyl (C=O) groups is 2. The van der Waals surface area contributed by atoms with Gasteiger partial charge in [-0.1, -0.05) is 37.3 Å². The summed E-state index contributed by atoms with van der Waals surface area (Å²) in [5.41, 5.74) is 1.71. The van der Waals surface area contributed by atoms with Crippen LogP contribution in [-0.4, -0.2) is 55.5 Å². The molecule has 1 unspecified atom stereocenters. The standard InChI is InChI=1S/C27H34N2O5/c1-5-6-16-34-22-13-10-20(17-18(22)2)25(31)23-24(19-8-11-21(30)12-9-19)29(27(33)26(23)32)15-7-14-28(3)4/h8-13,17,24,30-31H,5-7,14-16H2,1-4H3/b25-23+. The molecule has 1 atom stereocenters. The molecule has 2 aromatic carbocycles. The van der Waals surface area contributed by atoms with Crippen LogP contribution in [0.1, 0.15) is 48.9 Å². The molecular weight excluding hydrogens is 432 g/mol. The summed E-state index contributed by atoms with van der Waals surface area (Å²) in [5, 5.41) is 23.3.